The zero-order chi connectivity index (χ0) is 15.5. The third kappa shape index (κ3) is 3.77. The molecule has 0 bridgehead atoms. The van der Waals surface area contributed by atoms with Crippen molar-refractivity contribution in [3.05, 3.63) is 58.6 Å². The summed E-state index contributed by atoms with van der Waals surface area (Å²) in [4.78, 5) is 0.275. The second kappa shape index (κ2) is 6.50. The molecule has 0 aliphatic rings. The Morgan fingerprint density at radius 3 is 2.48 bits per heavy atom. The van der Waals surface area contributed by atoms with Crippen LogP contribution in [-0.4, -0.2) is 14.7 Å². The Morgan fingerprint density at radius 1 is 1.10 bits per heavy atom. The summed E-state index contributed by atoms with van der Waals surface area (Å²) in [6, 6.07) is 12.9. The van der Waals surface area contributed by atoms with Crippen molar-refractivity contribution in [2.75, 3.05) is 11.6 Å². The van der Waals surface area contributed by atoms with Crippen LogP contribution in [0.2, 0.25) is 5.02 Å². The van der Waals surface area contributed by atoms with Gasteiger partial charge in [0.2, 0.25) is 0 Å². The first-order valence-electron chi connectivity index (χ1n) is 6.72. The van der Waals surface area contributed by atoms with Crippen LogP contribution in [0.1, 0.15) is 18.1 Å². The summed E-state index contributed by atoms with van der Waals surface area (Å²) in [6.45, 7) is 2.46. The van der Waals surface area contributed by atoms with E-state index in [1.807, 2.05) is 24.3 Å². The van der Waals surface area contributed by atoms with Crippen molar-refractivity contribution in [1.29, 1.82) is 0 Å². The summed E-state index contributed by atoms with van der Waals surface area (Å²) in [5.41, 5.74) is 2.79. The summed E-state index contributed by atoms with van der Waals surface area (Å²) in [5.74, 6) is 0. The van der Waals surface area contributed by atoms with E-state index in [0.717, 1.165) is 12.1 Å². The number of hydrogen-bond acceptors (Lipinski definition) is 3. The maximum atomic E-state index is 11.9. The molecule has 5 heteroatoms. The van der Waals surface area contributed by atoms with Crippen molar-refractivity contribution in [2.45, 2.75) is 24.8 Å². The van der Waals surface area contributed by atoms with Gasteiger partial charge in [0.05, 0.1) is 4.90 Å². The predicted molar refractivity (Wildman–Crippen MR) is 87.7 cm³/mol. The summed E-state index contributed by atoms with van der Waals surface area (Å²) >= 11 is 6.17. The Morgan fingerprint density at radius 2 is 1.81 bits per heavy atom. The largest absolute Gasteiger partial charge is 0.381 e. The first-order chi connectivity index (χ1) is 9.93. The minimum Gasteiger partial charge on any atom is -0.381 e. The zero-order valence-electron chi connectivity index (χ0n) is 12.1. The molecule has 0 fully saturated rings. The highest BCUT2D eigenvalue weighted by atomic mass is 35.5. The molecule has 3 nitrogen and oxygen atoms in total. The van der Waals surface area contributed by atoms with Gasteiger partial charge in [0.15, 0.2) is 9.84 Å². The van der Waals surface area contributed by atoms with E-state index in [9.17, 15) is 8.42 Å². The second-order valence-corrected chi connectivity index (χ2v) is 7.24. The Labute approximate surface area is 130 Å². The molecule has 0 atom stereocenters. The van der Waals surface area contributed by atoms with Crippen molar-refractivity contribution in [1.82, 2.24) is 0 Å². The van der Waals surface area contributed by atoms with Crippen LogP contribution in [0.15, 0.2) is 47.4 Å². The van der Waals surface area contributed by atoms with Gasteiger partial charge in [-0.3, -0.25) is 0 Å². The van der Waals surface area contributed by atoms with Crippen LogP contribution in [0, 0.1) is 0 Å². The van der Waals surface area contributed by atoms with Crippen LogP contribution in [0.25, 0.3) is 0 Å². The summed E-state index contributed by atoms with van der Waals surface area (Å²) in [7, 11) is -3.30. The molecule has 0 heterocycles. The third-order valence-electron chi connectivity index (χ3n) is 3.33. The summed E-state index contributed by atoms with van der Waals surface area (Å²) in [6.07, 6.45) is 2.10. The van der Waals surface area contributed by atoms with Crippen molar-refractivity contribution in [3.8, 4) is 0 Å². The van der Waals surface area contributed by atoms with E-state index < -0.39 is 9.84 Å². The van der Waals surface area contributed by atoms with E-state index in [2.05, 4.69) is 12.2 Å². The molecule has 0 aromatic heterocycles. The predicted octanol–water partition coefficient (Wildman–Crippen LogP) is 3.92. The summed E-state index contributed by atoms with van der Waals surface area (Å²) < 4.78 is 23.7. The lowest BCUT2D eigenvalue weighted by atomic mass is 10.1. The lowest BCUT2D eigenvalue weighted by molar-refractivity contribution is 0.601. The van der Waals surface area contributed by atoms with Gasteiger partial charge in [-0.25, -0.2) is 8.42 Å². The fourth-order valence-electron chi connectivity index (χ4n) is 2.24. The lowest BCUT2D eigenvalue weighted by Crippen LogP contribution is -2.08. The van der Waals surface area contributed by atoms with Gasteiger partial charge in [-0.2, -0.15) is 0 Å². The van der Waals surface area contributed by atoms with Gasteiger partial charge in [-0.15, -0.1) is 0 Å². The topological polar surface area (TPSA) is 46.2 Å². The Hall–Kier alpha value is -1.52. The molecule has 112 valence electrons. The van der Waals surface area contributed by atoms with E-state index in [-0.39, 0.29) is 4.90 Å². The smallest absolute Gasteiger partial charge is 0.175 e. The second-order valence-electron chi connectivity index (χ2n) is 4.85. The van der Waals surface area contributed by atoms with E-state index in [4.69, 9.17) is 11.6 Å². The van der Waals surface area contributed by atoms with E-state index in [0.29, 0.717) is 17.1 Å². The van der Waals surface area contributed by atoms with Crippen LogP contribution >= 0.6 is 11.6 Å². The molecule has 0 spiro atoms. The van der Waals surface area contributed by atoms with Gasteiger partial charge in [0.25, 0.3) is 0 Å². The average Bonchev–Trinajstić information content (AvgIpc) is 2.45. The molecule has 0 radical (unpaired) electrons. The molecule has 0 saturated heterocycles. The molecule has 21 heavy (non-hydrogen) atoms. The molecular formula is C16H18ClNO2S. The Balaban J connectivity index is 2.33. The first kappa shape index (κ1) is 15.9. The number of sulfone groups is 1. The monoisotopic (exact) mass is 323 g/mol. The number of halogens is 1. The van der Waals surface area contributed by atoms with Crippen molar-refractivity contribution < 1.29 is 8.42 Å². The molecule has 0 saturated carbocycles. The quantitative estimate of drug-likeness (QED) is 0.907. The van der Waals surface area contributed by atoms with Gasteiger partial charge in [-0.1, -0.05) is 42.8 Å². The Bertz CT molecular complexity index is 742. The molecule has 0 unspecified atom stereocenters. The standard InChI is InChI=1S/C16H18ClNO2S/c1-3-12-7-4-5-9-15(12)18-11-13-14(17)8-6-10-16(13)21(2,19)20/h4-10,18H,3,11H2,1-2H3. The lowest BCUT2D eigenvalue weighted by Gasteiger charge is -2.14. The van der Waals surface area contributed by atoms with Crippen LogP contribution < -0.4 is 5.32 Å². The highest BCUT2D eigenvalue weighted by molar-refractivity contribution is 7.90. The van der Waals surface area contributed by atoms with Gasteiger partial charge in [-0.05, 0) is 30.2 Å². The molecule has 1 N–H and O–H groups in total. The number of benzene rings is 2. The molecule has 0 aliphatic heterocycles. The number of anilines is 1. The molecule has 2 aromatic rings. The number of nitrogens with one attached hydrogen (secondary N) is 1. The van der Waals surface area contributed by atoms with E-state index in [1.54, 1.807) is 18.2 Å². The number of para-hydroxylation sites is 1. The van der Waals surface area contributed by atoms with Crippen LogP contribution in [-0.2, 0) is 22.8 Å². The zero-order valence-corrected chi connectivity index (χ0v) is 13.6. The maximum Gasteiger partial charge on any atom is 0.175 e. The highest BCUT2D eigenvalue weighted by Gasteiger charge is 2.15. The van der Waals surface area contributed by atoms with E-state index in [1.165, 1.54) is 11.8 Å². The minimum atomic E-state index is -3.30. The first-order valence-corrected chi connectivity index (χ1v) is 8.99. The normalized spacial score (nSPS) is 11.4. The number of hydrogen-bond donors (Lipinski definition) is 1. The van der Waals surface area contributed by atoms with Gasteiger partial charge >= 0.3 is 0 Å². The van der Waals surface area contributed by atoms with Gasteiger partial charge in [0, 0.05) is 29.1 Å². The number of aryl methyl sites for hydroxylation is 1. The summed E-state index contributed by atoms with van der Waals surface area (Å²) in [5, 5.41) is 3.74. The van der Waals surface area contributed by atoms with Crippen LogP contribution in [0.3, 0.4) is 0 Å². The van der Waals surface area contributed by atoms with Crippen molar-refractivity contribution >= 4 is 27.1 Å². The average molecular weight is 324 g/mol. The van der Waals surface area contributed by atoms with Crippen molar-refractivity contribution in [2.24, 2.45) is 0 Å². The van der Waals surface area contributed by atoms with E-state index >= 15 is 0 Å². The SMILES string of the molecule is CCc1ccccc1NCc1c(Cl)cccc1S(C)(=O)=O. The fourth-order valence-corrected chi connectivity index (χ4v) is 3.50. The maximum absolute atomic E-state index is 11.9. The highest BCUT2D eigenvalue weighted by Crippen LogP contribution is 2.26. The minimum absolute atomic E-state index is 0.275. The number of rotatable bonds is 5. The third-order valence-corrected chi connectivity index (χ3v) is 4.86. The van der Waals surface area contributed by atoms with Gasteiger partial charge in [0.1, 0.15) is 0 Å². The van der Waals surface area contributed by atoms with Crippen LogP contribution in [0.5, 0.6) is 0 Å². The molecule has 0 aliphatic carbocycles. The van der Waals surface area contributed by atoms with Crippen LogP contribution in [0.4, 0.5) is 5.69 Å². The molecular weight excluding hydrogens is 306 g/mol. The molecule has 0 amide bonds. The van der Waals surface area contributed by atoms with Crippen molar-refractivity contribution in [3.63, 3.8) is 0 Å². The molecule has 2 rings (SSSR count). The Kier molecular flexibility index (Phi) is 4.91. The molecule has 2 aromatic carbocycles. The van der Waals surface area contributed by atoms with Gasteiger partial charge < -0.3 is 5.32 Å². The fraction of sp³-hybridized carbons (Fsp3) is 0.250.